The molecule has 110 valence electrons. The van der Waals surface area contributed by atoms with E-state index in [4.69, 9.17) is 10.5 Å². The molecule has 3 rings (SSSR count). The van der Waals surface area contributed by atoms with Gasteiger partial charge in [-0.15, -0.1) is 0 Å². The number of aromatic hydroxyl groups is 1. The van der Waals surface area contributed by atoms with Gasteiger partial charge in [0.05, 0.1) is 16.7 Å². The summed E-state index contributed by atoms with van der Waals surface area (Å²) in [6.45, 7) is 0.371. The van der Waals surface area contributed by atoms with Gasteiger partial charge in [0.2, 0.25) is 0 Å². The van der Waals surface area contributed by atoms with Gasteiger partial charge in [-0.3, -0.25) is 0 Å². The van der Waals surface area contributed by atoms with Gasteiger partial charge < -0.3 is 15.6 Å². The molecular weight excluding hydrogens is 398 g/mol. The van der Waals surface area contributed by atoms with E-state index in [0.29, 0.717) is 17.4 Å². The molecule has 0 fully saturated rings. The highest BCUT2D eigenvalue weighted by atomic mass is 79.9. The highest BCUT2D eigenvalue weighted by Gasteiger charge is 2.32. The minimum Gasteiger partial charge on any atom is -0.506 e. The Morgan fingerprint density at radius 1 is 1.19 bits per heavy atom. The molecule has 0 radical (unpaired) electrons. The Balaban J connectivity index is 2.08. The predicted molar refractivity (Wildman–Crippen MR) is 89.3 cm³/mol. The molecule has 0 bridgehead atoms. The van der Waals surface area contributed by atoms with Crippen molar-refractivity contribution in [3.05, 3.63) is 62.0 Å². The summed E-state index contributed by atoms with van der Waals surface area (Å²) in [5.41, 5.74) is 8.82. The fourth-order valence-corrected chi connectivity index (χ4v) is 4.26. The molecule has 0 aliphatic carbocycles. The van der Waals surface area contributed by atoms with Crippen molar-refractivity contribution in [1.82, 2.24) is 0 Å². The average molecular weight is 413 g/mol. The van der Waals surface area contributed by atoms with E-state index in [-0.39, 0.29) is 18.0 Å². The maximum atomic E-state index is 10.4. The maximum absolute atomic E-state index is 10.4. The van der Waals surface area contributed by atoms with Gasteiger partial charge in [-0.25, -0.2) is 0 Å². The van der Waals surface area contributed by atoms with Gasteiger partial charge in [0.25, 0.3) is 0 Å². The molecule has 0 amide bonds. The molecule has 1 aliphatic rings. The third kappa shape index (κ3) is 2.75. The summed E-state index contributed by atoms with van der Waals surface area (Å²) >= 11 is 6.94. The Kier molecular flexibility index (Phi) is 4.36. The van der Waals surface area contributed by atoms with Crippen molar-refractivity contribution in [1.29, 1.82) is 0 Å². The second-order valence-corrected chi connectivity index (χ2v) is 6.75. The first-order valence-electron chi connectivity index (χ1n) is 6.72. The van der Waals surface area contributed by atoms with Gasteiger partial charge in [-0.2, -0.15) is 0 Å². The molecule has 1 heterocycles. The highest BCUT2D eigenvalue weighted by molar-refractivity contribution is 9.11. The lowest BCUT2D eigenvalue weighted by molar-refractivity contribution is -0.0234. The number of ether oxygens (including phenoxy) is 1. The lowest BCUT2D eigenvalue weighted by atomic mass is 9.90. The summed E-state index contributed by atoms with van der Waals surface area (Å²) in [4.78, 5) is 0. The van der Waals surface area contributed by atoms with Crippen molar-refractivity contribution in [3.63, 3.8) is 0 Å². The summed E-state index contributed by atoms with van der Waals surface area (Å²) in [7, 11) is 0. The van der Waals surface area contributed by atoms with Crippen LogP contribution < -0.4 is 5.73 Å². The Bertz CT molecular complexity index is 661. The number of phenolic OH excluding ortho intramolecular Hbond substituents is 1. The first-order valence-corrected chi connectivity index (χ1v) is 8.30. The van der Waals surface area contributed by atoms with Crippen LogP contribution in [0.2, 0.25) is 0 Å². The van der Waals surface area contributed by atoms with Crippen molar-refractivity contribution >= 4 is 31.9 Å². The van der Waals surface area contributed by atoms with E-state index < -0.39 is 0 Å². The number of benzene rings is 2. The quantitative estimate of drug-likeness (QED) is 0.775. The van der Waals surface area contributed by atoms with Gasteiger partial charge in [0.1, 0.15) is 5.75 Å². The van der Waals surface area contributed by atoms with Crippen molar-refractivity contribution in [2.24, 2.45) is 5.73 Å². The van der Waals surface area contributed by atoms with Crippen LogP contribution in [0.5, 0.6) is 5.75 Å². The molecule has 3 N–H and O–H groups in total. The van der Waals surface area contributed by atoms with Crippen LogP contribution in [0, 0.1) is 0 Å². The Labute approximate surface area is 140 Å². The van der Waals surface area contributed by atoms with Crippen molar-refractivity contribution in [2.75, 3.05) is 6.54 Å². The lowest BCUT2D eigenvalue weighted by Gasteiger charge is -2.33. The Hall–Kier alpha value is -0.880. The number of fused-ring (bicyclic) bond motifs is 1. The van der Waals surface area contributed by atoms with E-state index >= 15 is 0 Å². The molecule has 0 unspecified atom stereocenters. The van der Waals surface area contributed by atoms with Crippen LogP contribution in [-0.4, -0.2) is 11.7 Å². The Morgan fingerprint density at radius 2 is 1.90 bits per heavy atom. The molecule has 2 aromatic rings. The van der Waals surface area contributed by atoms with E-state index in [1.165, 1.54) is 0 Å². The number of nitrogens with two attached hydrogens (primary N) is 1. The topological polar surface area (TPSA) is 55.5 Å². The first-order chi connectivity index (χ1) is 10.1. The summed E-state index contributed by atoms with van der Waals surface area (Å²) in [5, 5.41) is 10.4. The van der Waals surface area contributed by atoms with E-state index in [1.807, 2.05) is 36.4 Å². The van der Waals surface area contributed by atoms with E-state index in [2.05, 4.69) is 31.9 Å². The van der Waals surface area contributed by atoms with Gasteiger partial charge in [-0.1, -0.05) is 46.3 Å². The van der Waals surface area contributed by atoms with Crippen LogP contribution in [0.15, 0.2) is 45.3 Å². The third-order valence-electron chi connectivity index (χ3n) is 3.77. The van der Waals surface area contributed by atoms with Crippen LogP contribution in [0.1, 0.15) is 28.9 Å². The van der Waals surface area contributed by atoms with Crippen LogP contribution in [-0.2, 0) is 11.2 Å². The summed E-state index contributed by atoms with van der Waals surface area (Å²) in [6, 6.07) is 11.9. The number of rotatable bonds is 2. The van der Waals surface area contributed by atoms with Gasteiger partial charge in [0.15, 0.2) is 0 Å². The molecule has 1 aliphatic heterocycles. The monoisotopic (exact) mass is 411 g/mol. The summed E-state index contributed by atoms with van der Waals surface area (Å²) in [5.74, 6) is 0.274. The van der Waals surface area contributed by atoms with E-state index in [1.54, 1.807) is 0 Å². The first kappa shape index (κ1) is 15.0. The molecular formula is C16H15Br2NO2. The standard InChI is InChI=1S/C16H15Br2NO2/c17-11-7-12(18)16(20)10-6-13(9-4-2-1-3-5-9)21-14(8-19)15(10)11/h1-5,7,13-14,20H,6,8,19H2/t13-,14-/m0/s1. The summed E-state index contributed by atoms with van der Waals surface area (Å²) < 4.78 is 7.73. The van der Waals surface area contributed by atoms with Crippen molar-refractivity contribution in [2.45, 2.75) is 18.6 Å². The summed E-state index contributed by atoms with van der Waals surface area (Å²) in [6.07, 6.45) is 0.298. The number of hydrogen-bond acceptors (Lipinski definition) is 3. The van der Waals surface area contributed by atoms with Gasteiger partial charge in [-0.05, 0) is 27.6 Å². The lowest BCUT2D eigenvalue weighted by Crippen LogP contribution is -2.26. The molecule has 2 aromatic carbocycles. The molecule has 0 saturated heterocycles. The maximum Gasteiger partial charge on any atom is 0.133 e. The number of halogens is 2. The molecule has 21 heavy (non-hydrogen) atoms. The zero-order chi connectivity index (χ0) is 15.0. The number of hydrogen-bond donors (Lipinski definition) is 2. The zero-order valence-electron chi connectivity index (χ0n) is 11.2. The fourth-order valence-electron chi connectivity index (χ4n) is 2.77. The zero-order valence-corrected chi connectivity index (χ0v) is 14.4. The number of phenols is 1. The molecule has 5 heteroatoms. The predicted octanol–water partition coefficient (Wildman–Crippen LogP) is 4.23. The Morgan fingerprint density at radius 3 is 2.57 bits per heavy atom. The van der Waals surface area contributed by atoms with Crippen LogP contribution >= 0.6 is 31.9 Å². The highest BCUT2D eigenvalue weighted by Crippen LogP contribution is 2.46. The second kappa shape index (κ2) is 6.08. The smallest absolute Gasteiger partial charge is 0.133 e. The molecule has 0 aromatic heterocycles. The third-order valence-corrected chi connectivity index (χ3v) is 5.03. The van der Waals surface area contributed by atoms with Crippen LogP contribution in [0.25, 0.3) is 0 Å². The SMILES string of the molecule is NC[C@@H]1O[C@H](c2ccccc2)Cc2c(O)c(Br)cc(Br)c21. The molecule has 3 nitrogen and oxygen atoms in total. The second-order valence-electron chi connectivity index (χ2n) is 5.04. The molecule has 2 atom stereocenters. The normalized spacial score (nSPS) is 21.1. The van der Waals surface area contributed by atoms with Crippen LogP contribution in [0.3, 0.4) is 0 Å². The minimum absolute atomic E-state index is 0.0978. The largest absolute Gasteiger partial charge is 0.506 e. The average Bonchev–Trinajstić information content (AvgIpc) is 2.52. The van der Waals surface area contributed by atoms with Crippen molar-refractivity contribution < 1.29 is 9.84 Å². The van der Waals surface area contributed by atoms with E-state index in [9.17, 15) is 5.11 Å². The fraction of sp³-hybridized carbons (Fsp3) is 0.250. The van der Waals surface area contributed by atoms with Gasteiger partial charge >= 0.3 is 0 Å². The van der Waals surface area contributed by atoms with Gasteiger partial charge in [0, 0.05) is 28.6 Å². The van der Waals surface area contributed by atoms with E-state index in [0.717, 1.165) is 21.2 Å². The molecule has 0 saturated carbocycles. The van der Waals surface area contributed by atoms with Crippen molar-refractivity contribution in [3.8, 4) is 5.75 Å². The minimum atomic E-state index is -0.229. The van der Waals surface area contributed by atoms with Crippen LogP contribution in [0.4, 0.5) is 0 Å². The molecule has 0 spiro atoms.